The van der Waals surface area contributed by atoms with E-state index in [9.17, 15) is 18.4 Å². The first kappa shape index (κ1) is 7.20. The normalized spacial score (nSPS) is 8.75. The monoisotopic (exact) mass is 122 g/mol. The van der Waals surface area contributed by atoms with E-state index in [1.165, 1.54) is 0 Å². The molecule has 0 spiro atoms. The van der Waals surface area contributed by atoms with Crippen LogP contribution in [0.4, 0.5) is 8.78 Å². The lowest BCUT2D eigenvalue weighted by Crippen LogP contribution is -2.04. The maximum atomic E-state index is 11.1. The molecule has 0 amide bonds. The molecule has 0 aromatic heterocycles. The number of alkyl halides is 1. The van der Waals surface area contributed by atoms with Gasteiger partial charge in [0.2, 0.25) is 0 Å². The van der Waals surface area contributed by atoms with Crippen LogP contribution in [0.1, 0.15) is 6.42 Å². The highest BCUT2D eigenvalue weighted by Crippen LogP contribution is 1.86. The summed E-state index contributed by atoms with van der Waals surface area (Å²) in [4.78, 5) is 19.1. The van der Waals surface area contributed by atoms with Crippen LogP contribution in [0.15, 0.2) is 0 Å². The van der Waals surface area contributed by atoms with E-state index in [1.807, 2.05) is 0 Å². The Morgan fingerprint density at radius 2 is 1.88 bits per heavy atom. The van der Waals surface area contributed by atoms with Crippen LogP contribution in [0.25, 0.3) is 0 Å². The first-order valence-electron chi connectivity index (χ1n) is 1.93. The van der Waals surface area contributed by atoms with Gasteiger partial charge in [-0.2, -0.15) is 4.39 Å². The molecule has 0 radical (unpaired) electrons. The van der Waals surface area contributed by atoms with Crippen molar-refractivity contribution in [3.05, 3.63) is 0 Å². The van der Waals surface area contributed by atoms with Crippen LogP contribution in [0.3, 0.4) is 0 Å². The summed E-state index contributed by atoms with van der Waals surface area (Å²) in [5.74, 6) is -1.02. The molecule has 0 saturated heterocycles. The zero-order valence-corrected chi connectivity index (χ0v) is 3.99. The van der Waals surface area contributed by atoms with E-state index in [2.05, 4.69) is 0 Å². The summed E-state index contributed by atoms with van der Waals surface area (Å²) < 4.78 is 22.2. The molecule has 4 heteroatoms. The third-order valence-corrected chi connectivity index (χ3v) is 0.485. The van der Waals surface area contributed by atoms with Crippen molar-refractivity contribution < 1.29 is 18.4 Å². The maximum absolute atomic E-state index is 11.1. The molecule has 8 heavy (non-hydrogen) atoms. The fourth-order valence-corrected chi connectivity index (χ4v) is 0.202. The highest BCUT2D eigenvalue weighted by molar-refractivity contribution is 5.95. The molecule has 0 N–H and O–H groups in total. The predicted molar refractivity (Wildman–Crippen MR) is 21.7 cm³/mol. The number of hydrogen-bond acceptors (Lipinski definition) is 2. The highest BCUT2D eigenvalue weighted by atomic mass is 19.1. The summed E-state index contributed by atoms with van der Waals surface area (Å²) in [6.45, 7) is -1.27. The number of ketones is 1. The summed E-state index contributed by atoms with van der Waals surface area (Å²) in [5, 5.41) is 0. The van der Waals surface area contributed by atoms with Gasteiger partial charge in [0.1, 0.15) is 13.1 Å². The smallest absolute Gasteiger partial charge is 0.296 e. The third-order valence-electron chi connectivity index (χ3n) is 0.485. The second kappa shape index (κ2) is 3.23. The zero-order chi connectivity index (χ0) is 6.57. The molecule has 0 aromatic rings. The van der Waals surface area contributed by atoms with E-state index < -0.39 is 24.9 Å². The molecule has 0 aliphatic rings. The van der Waals surface area contributed by atoms with Crippen LogP contribution < -0.4 is 0 Å². The Labute approximate surface area is 44.5 Å². The Morgan fingerprint density at radius 1 is 1.38 bits per heavy atom. The van der Waals surface area contributed by atoms with E-state index >= 15 is 0 Å². The lowest BCUT2D eigenvalue weighted by molar-refractivity contribution is -0.134. The first-order valence-corrected chi connectivity index (χ1v) is 1.93. The third kappa shape index (κ3) is 3.39. The molecule has 0 aromatic carbocycles. The van der Waals surface area contributed by atoms with Gasteiger partial charge in [-0.25, -0.2) is 4.39 Å². The van der Waals surface area contributed by atoms with Crippen molar-refractivity contribution in [1.29, 1.82) is 0 Å². The minimum Gasteiger partial charge on any atom is -0.296 e. The van der Waals surface area contributed by atoms with Gasteiger partial charge in [0.15, 0.2) is 5.78 Å². The molecule has 0 rings (SSSR count). The second-order valence-corrected chi connectivity index (χ2v) is 1.20. The molecule has 0 atom stereocenters. The van der Waals surface area contributed by atoms with Crippen molar-refractivity contribution in [3.8, 4) is 0 Å². The van der Waals surface area contributed by atoms with Gasteiger partial charge in [-0.1, -0.05) is 0 Å². The number of halogens is 2. The Bertz CT molecular complexity index is 111. The average Bonchev–Trinajstić information content (AvgIpc) is 1.65. The number of hydrogen-bond donors (Lipinski definition) is 0. The Balaban J connectivity index is 3.40. The summed E-state index contributed by atoms with van der Waals surface area (Å²) in [6, 6.07) is -1.78. The minimum atomic E-state index is -1.78. The van der Waals surface area contributed by atoms with Gasteiger partial charge >= 0.3 is 6.04 Å². The lowest BCUT2D eigenvalue weighted by atomic mass is 10.3. The van der Waals surface area contributed by atoms with E-state index in [0.717, 1.165) is 0 Å². The molecule has 0 saturated carbocycles. The van der Waals surface area contributed by atoms with Crippen LogP contribution in [0.2, 0.25) is 0 Å². The zero-order valence-electron chi connectivity index (χ0n) is 3.99. The van der Waals surface area contributed by atoms with Crippen molar-refractivity contribution in [2.45, 2.75) is 6.42 Å². The molecule has 46 valence electrons. The van der Waals surface area contributed by atoms with Crippen LogP contribution in [0, 0.1) is 0 Å². The molecule has 2 nitrogen and oxygen atoms in total. The minimum absolute atomic E-state index is 0.934. The maximum Gasteiger partial charge on any atom is 0.308 e. The van der Waals surface area contributed by atoms with Gasteiger partial charge < -0.3 is 0 Å². The first-order chi connectivity index (χ1) is 3.66. The average molecular weight is 122 g/mol. The number of carbonyl (C=O) groups excluding carboxylic acids is 2. The van der Waals surface area contributed by atoms with Crippen molar-refractivity contribution in [3.63, 3.8) is 0 Å². The Hall–Kier alpha value is -0.800. The Morgan fingerprint density at radius 3 is 2.00 bits per heavy atom. The van der Waals surface area contributed by atoms with Gasteiger partial charge in [0, 0.05) is 0 Å². The highest BCUT2D eigenvalue weighted by Gasteiger charge is 2.05. The molecule has 0 aliphatic heterocycles. The lowest BCUT2D eigenvalue weighted by Gasteiger charge is -1.82. The van der Waals surface area contributed by atoms with Crippen molar-refractivity contribution in [1.82, 2.24) is 0 Å². The molecule has 0 aliphatic carbocycles. The summed E-state index contributed by atoms with van der Waals surface area (Å²) in [6.07, 6.45) is -0.934. The van der Waals surface area contributed by atoms with Crippen LogP contribution in [-0.2, 0) is 9.59 Å². The van der Waals surface area contributed by atoms with Crippen LogP contribution in [0.5, 0.6) is 0 Å². The van der Waals surface area contributed by atoms with E-state index in [-0.39, 0.29) is 0 Å². The predicted octanol–water partition coefficient (Wildman–Crippen LogP) is 0.411. The standard InChI is InChI=1S/C4H4F2O2/c5-2-3(7)1-4(6)8/h1-2H2. The van der Waals surface area contributed by atoms with Crippen molar-refractivity contribution in [2.24, 2.45) is 0 Å². The van der Waals surface area contributed by atoms with Gasteiger partial charge in [0.25, 0.3) is 0 Å². The van der Waals surface area contributed by atoms with E-state index in [4.69, 9.17) is 0 Å². The number of carbonyl (C=O) groups is 2. The quantitative estimate of drug-likeness (QED) is 0.401. The second-order valence-electron chi connectivity index (χ2n) is 1.20. The molecular weight excluding hydrogens is 118 g/mol. The van der Waals surface area contributed by atoms with Crippen LogP contribution in [-0.4, -0.2) is 18.5 Å². The molecule has 0 fully saturated rings. The molecule has 0 unspecified atom stereocenters. The van der Waals surface area contributed by atoms with Gasteiger partial charge in [-0.05, 0) is 0 Å². The summed E-state index contributed by atoms with van der Waals surface area (Å²) >= 11 is 0. The molecular formula is C4H4F2O2. The van der Waals surface area contributed by atoms with Gasteiger partial charge in [-0.3, -0.25) is 9.59 Å². The van der Waals surface area contributed by atoms with Gasteiger partial charge in [0.05, 0.1) is 0 Å². The van der Waals surface area contributed by atoms with E-state index in [0.29, 0.717) is 0 Å². The van der Waals surface area contributed by atoms with Crippen LogP contribution >= 0.6 is 0 Å². The van der Waals surface area contributed by atoms with Crippen molar-refractivity contribution in [2.75, 3.05) is 6.67 Å². The SMILES string of the molecule is O=C(F)CC(=O)CF. The molecule has 0 bridgehead atoms. The topological polar surface area (TPSA) is 34.1 Å². The van der Waals surface area contributed by atoms with Crippen molar-refractivity contribution >= 4 is 11.8 Å². The van der Waals surface area contributed by atoms with Gasteiger partial charge in [-0.15, -0.1) is 0 Å². The number of rotatable bonds is 3. The fourth-order valence-electron chi connectivity index (χ4n) is 0.202. The number of Topliss-reactive ketones (excluding diaryl/α,β-unsaturated/α-hetero) is 1. The summed E-state index contributed by atoms with van der Waals surface area (Å²) in [7, 11) is 0. The fraction of sp³-hybridized carbons (Fsp3) is 0.500. The Kier molecular flexibility index (Phi) is 2.91. The van der Waals surface area contributed by atoms with E-state index in [1.54, 1.807) is 0 Å². The molecule has 0 heterocycles. The summed E-state index contributed by atoms with van der Waals surface area (Å²) in [5.41, 5.74) is 0. The largest absolute Gasteiger partial charge is 0.308 e.